The van der Waals surface area contributed by atoms with Crippen molar-refractivity contribution in [2.75, 3.05) is 12.9 Å². The molecule has 0 saturated heterocycles. The molecule has 0 spiro atoms. The van der Waals surface area contributed by atoms with E-state index < -0.39 is 0 Å². The molecule has 0 radical (unpaired) electrons. The number of rotatable bonds is 9. The van der Waals surface area contributed by atoms with Crippen LogP contribution in [0.1, 0.15) is 11.1 Å². The third-order valence-corrected chi connectivity index (χ3v) is 7.91. The van der Waals surface area contributed by atoms with E-state index in [1.165, 1.54) is 52.8 Å². The van der Waals surface area contributed by atoms with E-state index in [1.807, 2.05) is 6.07 Å². The number of H-pyrrole nitrogens is 1. The lowest BCUT2D eigenvalue weighted by atomic mass is 10.1. The average Bonchev–Trinajstić information content (AvgIpc) is 3.30. The molecule has 1 aromatic heterocycles. The summed E-state index contributed by atoms with van der Waals surface area (Å²) < 4.78 is 6.73. The van der Waals surface area contributed by atoms with Crippen LogP contribution in [0.25, 0.3) is 10.8 Å². The maximum absolute atomic E-state index is 12.1. The van der Waals surface area contributed by atoms with Crippen molar-refractivity contribution in [3.05, 3.63) is 71.8 Å². The van der Waals surface area contributed by atoms with E-state index in [1.54, 1.807) is 30.0 Å². The highest BCUT2D eigenvalue weighted by molar-refractivity contribution is 8.03. The Morgan fingerprint density at radius 3 is 2.88 bits per heavy atom. The summed E-state index contributed by atoms with van der Waals surface area (Å²) in [5, 5.41) is 25.7. The fraction of sp³-hybridized carbons (Fsp3) is 0.130. The van der Waals surface area contributed by atoms with Gasteiger partial charge in [-0.2, -0.15) is 5.10 Å². The number of benzene rings is 3. The number of fused-ring (bicyclic) bond motifs is 1. The van der Waals surface area contributed by atoms with Crippen LogP contribution in [0.15, 0.2) is 74.4 Å². The number of methoxy groups -OCH3 is 1. The number of ether oxygens (including phenoxy) is 1. The second-order valence-electron chi connectivity index (χ2n) is 6.77. The topological polar surface area (TPSA) is 101 Å². The minimum absolute atomic E-state index is 0.161. The summed E-state index contributed by atoms with van der Waals surface area (Å²) in [4.78, 5) is 12.1. The van der Waals surface area contributed by atoms with Crippen LogP contribution in [0.5, 0.6) is 11.5 Å². The highest BCUT2D eigenvalue weighted by atomic mass is 32.2. The molecule has 1 amide bonds. The van der Waals surface area contributed by atoms with Crippen LogP contribution in [0.4, 0.5) is 0 Å². The minimum Gasteiger partial charge on any atom is -0.870 e. The van der Waals surface area contributed by atoms with Crippen molar-refractivity contribution >= 4 is 57.8 Å². The summed E-state index contributed by atoms with van der Waals surface area (Å²) in [6, 6.07) is 19.5. The first kappa shape index (κ1) is 23.1. The van der Waals surface area contributed by atoms with Crippen molar-refractivity contribution in [3.63, 3.8) is 0 Å². The molecule has 1 heterocycles. The van der Waals surface area contributed by atoms with Gasteiger partial charge in [0.05, 0.1) is 19.1 Å². The van der Waals surface area contributed by atoms with Crippen LogP contribution >= 0.6 is 34.9 Å². The van der Waals surface area contributed by atoms with Gasteiger partial charge in [-0.3, -0.25) is 4.79 Å². The zero-order valence-electron chi connectivity index (χ0n) is 17.6. The standard InChI is InChI=1S/C23H20N4O3S3/c1-30-19-11-5-8-16(21(19)29)12-24-25-20(28)14-32-23-27-26-22(33-23)31-13-17-9-4-7-15-6-2-3-10-18(15)17/h2-12,29H,13-14H2,1H3,(H,25,28). The molecule has 7 nitrogen and oxygen atoms in total. The Hall–Kier alpha value is -3.08. The van der Waals surface area contributed by atoms with Gasteiger partial charge in [0.1, 0.15) is 5.75 Å². The Morgan fingerprint density at radius 2 is 2.00 bits per heavy atom. The average molecular weight is 497 g/mol. The molecule has 168 valence electrons. The highest BCUT2D eigenvalue weighted by Crippen LogP contribution is 2.30. The molecule has 3 aromatic carbocycles. The van der Waals surface area contributed by atoms with Crippen molar-refractivity contribution in [1.82, 2.24) is 10.5 Å². The van der Waals surface area contributed by atoms with Crippen LogP contribution in [0, 0.1) is 0 Å². The maximum atomic E-state index is 12.1. The number of hydrogen-bond acceptors (Lipinski definition) is 8. The summed E-state index contributed by atoms with van der Waals surface area (Å²) in [7, 11) is 1.43. The van der Waals surface area contributed by atoms with E-state index in [0.29, 0.717) is 5.56 Å². The zero-order chi connectivity index (χ0) is 23.0. The third-order valence-electron chi connectivity index (χ3n) is 4.61. The van der Waals surface area contributed by atoms with E-state index in [2.05, 4.69) is 57.1 Å². The van der Waals surface area contributed by atoms with Gasteiger partial charge < -0.3 is 9.84 Å². The van der Waals surface area contributed by atoms with Crippen molar-refractivity contribution in [1.29, 1.82) is 0 Å². The van der Waals surface area contributed by atoms with E-state index in [9.17, 15) is 9.90 Å². The summed E-state index contributed by atoms with van der Waals surface area (Å²) in [6.45, 7) is 0. The van der Waals surface area contributed by atoms with Crippen LogP contribution in [-0.2, 0) is 10.5 Å². The van der Waals surface area contributed by atoms with Crippen LogP contribution < -0.4 is 20.4 Å². The molecule has 4 rings (SSSR count). The molecule has 10 heteroatoms. The molecule has 33 heavy (non-hydrogen) atoms. The molecule has 4 aromatic rings. The summed E-state index contributed by atoms with van der Waals surface area (Å²) >= 11 is 4.52. The van der Waals surface area contributed by atoms with Crippen LogP contribution in [0.2, 0.25) is 0 Å². The number of hydrazone groups is 1. The van der Waals surface area contributed by atoms with Gasteiger partial charge in [-0.15, -0.1) is 0 Å². The number of thioether (sulfide) groups is 2. The smallest absolute Gasteiger partial charge is 0.323 e. The van der Waals surface area contributed by atoms with Crippen LogP contribution in [-0.4, -0.2) is 30.1 Å². The lowest BCUT2D eigenvalue weighted by Crippen LogP contribution is -2.19. The second kappa shape index (κ2) is 11.2. The van der Waals surface area contributed by atoms with E-state index in [-0.39, 0.29) is 23.2 Å². The normalized spacial score (nSPS) is 11.2. The number of carbonyl (C=O) groups excluding carboxylic acids is 1. The largest absolute Gasteiger partial charge is 0.870 e. The summed E-state index contributed by atoms with van der Waals surface area (Å²) in [5.41, 5.74) is 4.03. The van der Waals surface area contributed by atoms with Gasteiger partial charge in [-0.1, -0.05) is 77.2 Å². The SMILES string of the molecule is COc1cccc(C=NNC(=O)CSc2n[nH+]c(SCc3cccc4ccccc34)s2)c1[O-]. The number of nitrogens with zero attached hydrogens (tertiary/aromatic N) is 2. The Morgan fingerprint density at radius 1 is 1.18 bits per heavy atom. The van der Waals surface area contributed by atoms with Crippen molar-refractivity contribution in [2.24, 2.45) is 5.10 Å². The van der Waals surface area contributed by atoms with Crippen LogP contribution in [0.3, 0.4) is 0 Å². The van der Waals surface area contributed by atoms with Gasteiger partial charge in [0.15, 0.2) is 0 Å². The van der Waals surface area contributed by atoms with Gasteiger partial charge in [0.25, 0.3) is 5.91 Å². The van der Waals surface area contributed by atoms with Gasteiger partial charge in [0.2, 0.25) is 4.34 Å². The lowest BCUT2D eigenvalue weighted by molar-refractivity contribution is -0.492. The minimum atomic E-state index is -0.285. The quantitative estimate of drug-likeness (QED) is 0.215. The molecule has 0 aliphatic rings. The molecule has 0 aliphatic carbocycles. The molecule has 0 bridgehead atoms. The highest BCUT2D eigenvalue weighted by Gasteiger charge is 2.14. The lowest BCUT2D eigenvalue weighted by Gasteiger charge is -2.14. The molecule has 0 atom stereocenters. The van der Waals surface area contributed by atoms with E-state index in [4.69, 9.17) is 4.74 Å². The molecule has 0 aliphatic heterocycles. The van der Waals surface area contributed by atoms with Crippen molar-refractivity contribution < 1.29 is 19.7 Å². The van der Waals surface area contributed by atoms with E-state index >= 15 is 0 Å². The Labute approximate surface area is 203 Å². The van der Waals surface area contributed by atoms with Crippen molar-refractivity contribution in [3.8, 4) is 11.5 Å². The fourth-order valence-electron chi connectivity index (χ4n) is 3.03. The molecular weight excluding hydrogens is 476 g/mol. The van der Waals surface area contributed by atoms with Gasteiger partial charge in [-0.05, 0) is 51.1 Å². The molecule has 0 fully saturated rings. The Kier molecular flexibility index (Phi) is 7.82. The summed E-state index contributed by atoms with van der Waals surface area (Å²) in [5.74, 6) is 0.653. The third kappa shape index (κ3) is 6.04. The molecule has 0 unspecified atom stereocenters. The summed E-state index contributed by atoms with van der Waals surface area (Å²) in [6.07, 6.45) is 1.31. The Balaban J connectivity index is 1.26. The van der Waals surface area contributed by atoms with Crippen molar-refractivity contribution in [2.45, 2.75) is 14.4 Å². The first-order valence-electron chi connectivity index (χ1n) is 9.90. The second-order valence-corrected chi connectivity index (χ2v) is 10.2. The zero-order valence-corrected chi connectivity index (χ0v) is 20.1. The fourth-order valence-corrected chi connectivity index (χ4v) is 5.92. The van der Waals surface area contributed by atoms with Gasteiger partial charge in [-0.25, -0.2) is 5.43 Å². The monoisotopic (exact) mass is 496 g/mol. The van der Waals surface area contributed by atoms with Gasteiger partial charge >= 0.3 is 4.34 Å². The first-order chi connectivity index (χ1) is 16.1. The number of para-hydroxylation sites is 1. The molecular formula is C23H20N4O3S3. The first-order valence-corrected chi connectivity index (χ1v) is 12.7. The van der Waals surface area contributed by atoms with Gasteiger partial charge in [0, 0.05) is 10.9 Å². The predicted octanol–water partition coefficient (Wildman–Crippen LogP) is 3.73. The maximum Gasteiger partial charge on any atom is 0.323 e. The van der Waals surface area contributed by atoms with E-state index in [0.717, 1.165) is 14.4 Å². The predicted molar refractivity (Wildman–Crippen MR) is 131 cm³/mol. The number of aromatic amines is 1. The number of hydrogen-bond donors (Lipinski definition) is 1. The number of nitrogens with one attached hydrogen (secondary N) is 2. The number of carbonyl (C=O) groups is 1. The number of aromatic nitrogens is 2. The molecule has 0 saturated carbocycles. The Bertz CT molecular complexity index is 1290. The molecule has 2 N–H and O–H groups in total. The number of amides is 1.